The number of carboxylic acid groups (broad SMARTS) is 1. The van der Waals surface area contributed by atoms with Crippen molar-refractivity contribution in [3.8, 4) is 16.9 Å². The van der Waals surface area contributed by atoms with Gasteiger partial charge in [0.25, 0.3) is 5.91 Å². The minimum Gasteiger partial charge on any atom is -0.507 e. The molecular formula is C22H17ClF2N4O4. The average molecular weight is 475 g/mol. The van der Waals surface area contributed by atoms with Gasteiger partial charge in [-0.3, -0.25) is 9.78 Å². The summed E-state index contributed by atoms with van der Waals surface area (Å²) in [6.45, 7) is 0.219. The third-order valence-corrected chi connectivity index (χ3v) is 6.54. The van der Waals surface area contributed by atoms with Crippen LogP contribution in [-0.2, 0) is 4.79 Å². The number of aromatic hydroxyl groups is 1. The number of hydrogen-bond acceptors (Lipinski definition) is 5. The predicted molar refractivity (Wildman–Crippen MR) is 118 cm³/mol. The van der Waals surface area contributed by atoms with Crippen molar-refractivity contribution in [1.29, 1.82) is 0 Å². The highest BCUT2D eigenvalue weighted by Gasteiger charge is 2.43. The standard InChI is InChI=1S/C22H17ClF2N4O4/c1-27-13-8-26-12-7-10(16-11(24)3-2-4-15(16)30)18(23)19(25)17(12)20(13)29-6-5-28(22(32)33)9-14(29)21(27)31/h2-4,7-8,14,30H,5-6,9H2,1H3,(H,32,33)/t14-/m1/s1. The van der Waals surface area contributed by atoms with Gasteiger partial charge in [-0.25, -0.2) is 13.6 Å². The first kappa shape index (κ1) is 21.2. The largest absolute Gasteiger partial charge is 0.507 e. The number of halogens is 3. The number of fused-ring (bicyclic) bond motifs is 5. The highest BCUT2D eigenvalue weighted by atomic mass is 35.5. The van der Waals surface area contributed by atoms with E-state index in [4.69, 9.17) is 11.6 Å². The van der Waals surface area contributed by atoms with Gasteiger partial charge in [-0.05, 0) is 18.2 Å². The smallest absolute Gasteiger partial charge is 0.407 e. The number of aromatic nitrogens is 1. The molecular weight excluding hydrogens is 458 g/mol. The van der Waals surface area contributed by atoms with Gasteiger partial charge in [-0.1, -0.05) is 17.7 Å². The van der Waals surface area contributed by atoms with Gasteiger partial charge in [0.1, 0.15) is 17.6 Å². The van der Waals surface area contributed by atoms with E-state index in [0.717, 1.165) is 11.0 Å². The summed E-state index contributed by atoms with van der Waals surface area (Å²) in [5, 5.41) is 19.1. The molecule has 0 radical (unpaired) electrons. The Bertz CT molecular complexity index is 1330. The number of carbonyl (C=O) groups excluding carboxylic acids is 1. The Labute approximate surface area is 191 Å². The highest BCUT2D eigenvalue weighted by molar-refractivity contribution is 6.35. The Kier molecular flexibility index (Phi) is 4.78. The predicted octanol–water partition coefficient (Wildman–Crippen LogP) is 3.68. The van der Waals surface area contributed by atoms with Gasteiger partial charge >= 0.3 is 6.09 Å². The summed E-state index contributed by atoms with van der Waals surface area (Å²) in [6, 6.07) is 4.26. The van der Waals surface area contributed by atoms with Crippen molar-refractivity contribution in [1.82, 2.24) is 9.88 Å². The molecule has 0 aliphatic carbocycles. The molecule has 1 saturated heterocycles. The van der Waals surface area contributed by atoms with Crippen molar-refractivity contribution >= 4 is 45.9 Å². The molecule has 2 aliphatic heterocycles. The van der Waals surface area contributed by atoms with Gasteiger partial charge in [0.2, 0.25) is 0 Å². The zero-order valence-electron chi connectivity index (χ0n) is 17.2. The molecule has 0 spiro atoms. The van der Waals surface area contributed by atoms with Crippen LogP contribution in [0.5, 0.6) is 5.75 Å². The molecule has 1 fully saturated rings. The first-order valence-electron chi connectivity index (χ1n) is 10.0. The summed E-state index contributed by atoms with van der Waals surface area (Å²) in [5.74, 6) is -2.39. The normalized spacial score (nSPS) is 17.9. The number of rotatable bonds is 1. The lowest BCUT2D eigenvalue weighted by molar-refractivity contribution is -0.120. The number of nitrogens with zero attached hydrogens (tertiary/aromatic N) is 4. The lowest BCUT2D eigenvalue weighted by atomic mass is 9.97. The maximum absolute atomic E-state index is 15.8. The van der Waals surface area contributed by atoms with E-state index in [0.29, 0.717) is 11.4 Å². The summed E-state index contributed by atoms with van der Waals surface area (Å²) in [4.78, 5) is 32.8. The van der Waals surface area contributed by atoms with E-state index in [1.807, 2.05) is 0 Å². The molecule has 3 heterocycles. The number of anilines is 2. The van der Waals surface area contributed by atoms with Crippen molar-refractivity contribution in [2.45, 2.75) is 6.04 Å². The fourth-order valence-corrected chi connectivity index (χ4v) is 4.78. The van der Waals surface area contributed by atoms with E-state index in [2.05, 4.69) is 4.98 Å². The Morgan fingerprint density at radius 1 is 1.27 bits per heavy atom. The van der Waals surface area contributed by atoms with E-state index in [-0.39, 0.29) is 47.6 Å². The number of likely N-dealkylation sites (N-methyl/N-ethyl adjacent to an activating group) is 1. The van der Waals surface area contributed by atoms with Crippen molar-refractivity contribution in [2.24, 2.45) is 0 Å². The molecule has 0 bridgehead atoms. The zero-order chi connectivity index (χ0) is 23.6. The van der Waals surface area contributed by atoms with E-state index in [9.17, 15) is 24.2 Å². The second-order valence-corrected chi connectivity index (χ2v) is 8.29. The van der Waals surface area contributed by atoms with Crippen LogP contribution in [0.4, 0.5) is 25.0 Å². The first-order chi connectivity index (χ1) is 15.7. The topological polar surface area (TPSA) is 97.2 Å². The van der Waals surface area contributed by atoms with Crippen molar-refractivity contribution in [3.05, 3.63) is 47.1 Å². The van der Waals surface area contributed by atoms with Gasteiger partial charge in [0.15, 0.2) is 5.82 Å². The summed E-state index contributed by atoms with van der Waals surface area (Å²) in [6.07, 6.45) is 0.271. The first-order valence-corrected chi connectivity index (χ1v) is 10.4. The second kappa shape index (κ2) is 7.45. The van der Waals surface area contributed by atoms with Crippen LogP contribution in [0.1, 0.15) is 0 Å². The molecule has 170 valence electrons. The molecule has 0 saturated carbocycles. The molecule has 2 amide bonds. The Morgan fingerprint density at radius 3 is 2.73 bits per heavy atom. The van der Waals surface area contributed by atoms with Crippen molar-refractivity contribution in [2.75, 3.05) is 36.5 Å². The fraction of sp³-hybridized carbons (Fsp3) is 0.227. The molecule has 1 aromatic heterocycles. The maximum atomic E-state index is 15.8. The second-order valence-electron chi connectivity index (χ2n) is 7.91. The Balaban J connectivity index is 1.75. The van der Waals surface area contributed by atoms with Gasteiger partial charge in [0.05, 0.1) is 45.6 Å². The summed E-state index contributed by atoms with van der Waals surface area (Å²) < 4.78 is 30.2. The molecule has 2 aliphatic rings. The van der Waals surface area contributed by atoms with Crippen LogP contribution < -0.4 is 9.80 Å². The number of amides is 2. The molecule has 11 heteroatoms. The Morgan fingerprint density at radius 2 is 2.03 bits per heavy atom. The number of piperazine rings is 1. The van der Waals surface area contributed by atoms with Gasteiger partial charge < -0.3 is 24.9 Å². The molecule has 0 unspecified atom stereocenters. The molecule has 3 aromatic rings. The summed E-state index contributed by atoms with van der Waals surface area (Å²) in [5.41, 5.74) is 0.556. The number of carbonyl (C=O) groups is 2. The van der Waals surface area contributed by atoms with E-state index in [1.165, 1.54) is 36.3 Å². The van der Waals surface area contributed by atoms with Crippen LogP contribution in [0, 0.1) is 11.6 Å². The quantitative estimate of drug-likeness (QED) is 0.558. The zero-order valence-corrected chi connectivity index (χ0v) is 18.0. The van der Waals surface area contributed by atoms with E-state index < -0.39 is 34.5 Å². The maximum Gasteiger partial charge on any atom is 0.407 e. The van der Waals surface area contributed by atoms with E-state index in [1.54, 1.807) is 4.90 Å². The number of phenols is 1. The van der Waals surface area contributed by atoms with Crippen LogP contribution in [0.25, 0.3) is 22.0 Å². The number of hydrogen-bond donors (Lipinski definition) is 2. The molecule has 33 heavy (non-hydrogen) atoms. The molecule has 2 N–H and O–H groups in total. The summed E-state index contributed by atoms with van der Waals surface area (Å²) >= 11 is 6.33. The lowest BCUT2D eigenvalue weighted by Gasteiger charge is -2.46. The monoisotopic (exact) mass is 474 g/mol. The third kappa shape index (κ3) is 3.05. The van der Waals surface area contributed by atoms with Crippen LogP contribution in [0.3, 0.4) is 0 Å². The summed E-state index contributed by atoms with van der Waals surface area (Å²) in [7, 11) is 1.51. The van der Waals surface area contributed by atoms with E-state index >= 15 is 4.39 Å². The number of benzene rings is 2. The van der Waals surface area contributed by atoms with Gasteiger partial charge in [0, 0.05) is 25.7 Å². The van der Waals surface area contributed by atoms with Gasteiger partial charge in [-0.15, -0.1) is 0 Å². The molecule has 1 atom stereocenters. The highest BCUT2D eigenvalue weighted by Crippen LogP contribution is 2.46. The molecule has 2 aromatic carbocycles. The number of pyridine rings is 1. The minimum atomic E-state index is -1.14. The molecule has 5 rings (SSSR count). The Hall–Kier alpha value is -3.66. The average Bonchev–Trinajstić information content (AvgIpc) is 2.79. The fourth-order valence-electron chi connectivity index (χ4n) is 4.54. The van der Waals surface area contributed by atoms with Crippen LogP contribution in [-0.4, -0.2) is 64.8 Å². The number of phenolic OH excluding ortho intramolecular Hbond substituents is 1. The minimum absolute atomic E-state index is 0.0326. The van der Waals surface area contributed by atoms with Gasteiger partial charge in [-0.2, -0.15) is 0 Å². The third-order valence-electron chi connectivity index (χ3n) is 6.17. The molecule has 8 nitrogen and oxygen atoms in total. The van der Waals surface area contributed by atoms with Crippen molar-refractivity contribution < 1.29 is 28.6 Å². The van der Waals surface area contributed by atoms with Crippen LogP contribution in [0.2, 0.25) is 5.02 Å². The van der Waals surface area contributed by atoms with Crippen LogP contribution >= 0.6 is 11.6 Å². The lowest BCUT2D eigenvalue weighted by Crippen LogP contribution is -2.62. The van der Waals surface area contributed by atoms with Crippen LogP contribution in [0.15, 0.2) is 30.5 Å². The SMILES string of the molecule is CN1C(=O)[C@H]2CN(C(=O)O)CCN2c2c1cnc1cc(-c3c(O)cccc3F)c(Cl)c(F)c21. The van der Waals surface area contributed by atoms with Crippen molar-refractivity contribution in [3.63, 3.8) is 0 Å².